The summed E-state index contributed by atoms with van der Waals surface area (Å²) in [6.45, 7) is 0.149. The Morgan fingerprint density at radius 1 is 1.00 bits per heavy atom. The van der Waals surface area contributed by atoms with Crippen LogP contribution in [0.15, 0.2) is 48.5 Å². The molecule has 0 saturated heterocycles. The molecule has 0 aliphatic heterocycles. The first-order valence-electron chi connectivity index (χ1n) is 9.95. The van der Waals surface area contributed by atoms with Crippen LogP contribution in [-0.4, -0.2) is 18.4 Å². The van der Waals surface area contributed by atoms with Gasteiger partial charge in [-0.25, -0.2) is 4.39 Å². The maximum absolute atomic E-state index is 13.0. The highest BCUT2D eigenvalue weighted by Crippen LogP contribution is 2.32. The standard InChI is InChI=1S/C23H27FN2O2/c24-21-12-6-16(7-13-21)14-20(22(25)27)15-26-23(28)19-10-8-18(9-11-19)17-4-2-1-3-5-17/h6-13,17,20H,1-5,14-15H2,(H2,25,27)(H,26,28). The molecule has 148 valence electrons. The van der Waals surface area contributed by atoms with Gasteiger partial charge in [-0.2, -0.15) is 0 Å². The van der Waals surface area contributed by atoms with Crippen molar-refractivity contribution in [1.82, 2.24) is 5.32 Å². The lowest BCUT2D eigenvalue weighted by atomic mass is 9.84. The van der Waals surface area contributed by atoms with Gasteiger partial charge >= 0.3 is 0 Å². The maximum Gasteiger partial charge on any atom is 0.251 e. The SMILES string of the molecule is NC(=O)C(CNC(=O)c1ccc(C2CCCCC2)cc1)Cc1ccc(F)cc1. The summed E-state index contributed by atoms with van der Waals surface area (Å²) in [5.74, 6) is -0.987. The quantitative estimate of drug-likeness (QED) is 0.761. The molecule has 5 heteroatoms. The molecule has 2 aromatic carbocycles. The summed E-state index contributed by atoms with van der Waals surface area (Å²) in [7, 11) is 0. The number of halogens is 1. The van der Waals surface area contributed by atoms with Crippen molar-refractivity contribution in [3.05, 3.63) is 71.0 Å². The molecule has 0 bridgehead atoms. The number of amides is 2. The van der Waals surface area contributed by atoms with Crippen molar-refractivity contribution in [2.45, 2.75) is 44.4 Å². The monoisotopic (exact) mass is 382 g/mol. The van der Waals surface area contributed by atoms with Crippen LogP contribution in [0.25, 0.3) is 0 Å². The number of nitrogens with two attached hydrogens (primary N) is 1. The molecule has 1 aliphatic rings. The van der Waals surface area contributed by atoms with E-state index in [-0.39, 0.29) is 18.3 Å². The summed E-state index contributed by atoms with van der Waals surface area (Å²) in [5.41, 5.74) is 8.15. The van der Waals surface area contributed by atoms with E-state index in [1.54, 1.807) is 12.1 Å². The van der Waals surface area contributed by atoms with Crippen LogP contribution in [0, 0.1) is 11.7 Å². The number of rotatable bonds is 7. The van der Waals surface area contributed by atoms with Crippen LogP contribution in [-0.2, 0) is 11.2 Å². The van der Waals surface area contributed by atoms with Crippen molar-refractivity contribution in [1.29, 1.82) is 0 Å². The summed E-state index contributed by atoms with van der Waals surface area (Å²) in [6.07, 6.45) is 6.65. The van der Waals surface area contributed by atoms with Gasteiger partial charge in [0.1, 0.15) is 5.82 Å². The maximum atomic E-state index is 13.0. The second kappa shape index (κ2) is 9.49. The molecule has 1 saturated carbocycles. The molecule has 2 amide bonds. The minimum atomic E-state index is -0.545. The van der Waals surface area contributed by atoms with E-state index >= 15 is 0 Å². The van der Waals surface area contributed by atoms with Gasteiger partial charge in [-0.1, -0.05) is 43.5 Å². The van der Waals surface area contributed by atoms with Gasteiger partial charge in [0.25, 0.3) is 5.91 Å². The molecule has 2 aromatic rings. The zero-order valence-corrected chi connectivity index (χ0v) is 16.0. The average molecular weight is 382 g/mol. The summed E-state index contributed by atoms with van der Waals surface area (Å²) in [5, 5.41) is 2.80. The lowest BCUT2D eigenvalue weighted by Gasteiger charge is -2.22. The van der Waals surface area contributed by atoms with Crippen LogP contribution in [0.1, 0.15) is 59.5 Å². The lowest BCUT2D eigenvalue weighted by Crippen LogP contribution is -2.37. The van der Waals surface area contributed by atoms with Crippen LogP contribution < -0.4 is 11.1 Å². The minimum absolute atomic E-state index is 0.149. The topological polar surface area (TPSA) is 72.2 Å². The molecular weight excluding hydrogens is 355 g/mol. The molecule has 3 rings (SSSR count). The Hall–Kier alpha value is -2.69. The molecule has 4 nitrogen and oxygen atoms in total. The predicted octanol–water partition coefficient (Wildman–Crippen LogP) is 3.95. The Morgan fingerprint density at radius 2 is 1.64 bits per heavy atom. The molecule has 28 heavy (non-hydrogen) atoms. The Labute approximate surface area is 165 Å². The van der Waals surface area contributed by atoms with Gasteiger partial charge in [-0.05, 0) is 60.6 Å². The van der Waals surface area contributed by atoms with Gasteiger partial charge in [0.05, 0.1) is 5.92 Å². The largest absolute Gasteiger partial charge is 0.369 e. The van der Waals surface area contributed by atoms with Gasteiger partial charge in [0.2, 0.25) is 5.91 Å². The molecule has 3 N–H and O–H groups in total. The number of benzene rings is 2. The van der Waals surface area contributed by atoms with E-state index in [0.29, 0.717) is 17.9 Å². The predicted molar refractivity (Wildman–Crippen MR) is 107 cm³/mol. The Bertz CT molecular complexity index is 796. The van der Waals surface area contributed by atoms with Gasteiger partial charge in [0.15, 0.2) is 0 Å². The van der Waals surface area contributed by atoms with Crippen molar-refractivity contribution < 1.29 is 14.0 Å². The van der Waals surface area contributed by atoms with E-state index in [4.69, 9.17) is 5.73 Å². The van der Waals surface area contributed by atoms with Crippen LogP contribution >= 0.6 is 0 Å². The molecule has 1 unspecified atom stereocenters. The van der Waals surface area contributed by atoms with Gasteiger partial charge < -0.3 is 11.1 Å². The molecule has 0 heterocycles. The number of carbonyl (C=O) groups excluding carboxylic acids is 2. The van der Waals surface area contributed by atoms with Crippen molar-refractivity contribution in [2.24, 2.45) is 11.7 Å². The third-order valence-corrected chi connectivity index (χ3v) is 5.56. The van der Waals surface area contributed by atoms with E-state index in [1.165, 1.54) is 49.8 Å². The summed E-state index contributed by atoms with van der Waals surface area (Å²) in [6, 6.07) is 13.7. The number of hydrogen-bond acceptors (Lipinski definition) is 2. The minimum Gasteiger partial charge on any atom is -0.369 e. The van der Waals surface area contributed by atoms with E-state index < -0.39 is 11.8 Å². The first-order valence-corrected chi connectivity index (χ1v) is 9.95. The normalized spacial score (nSPS) is 15.8. The summed E-state index contributed by atoms with van der Waals surface area (Å²) >= 11 is 0. The van der Waals surface area contributed by atoms with Crippen molar-refractivity contribution in [2.75, 3.05) is 6.54 Å². The van der Waals surface area contributed by atoms with Crippen molar-refractivity contribution in [3.63, 3.8) is 0 Å². The fraction of sp³-hybridized carbons (Fsp3) is 0.391. The summed E-state index contributed by atoms with van der Waals surface area (Å²) < 4.78 is 13.0. The zero-order valence-electron chi connectivity index (χ0n) is 16.0. The van der Waals surface area contributed by atoms with Crippen LogP contribution in [0.5, 0.6) is 0 Å². The van der Waals surface area contributed by atoms with Crippen LogP contribution in [0.4, 0.5) is 4.39 Å². The smallest absolute Gasteiger partial charge is 0.251 e. The average Bonchev–Trinajstić information content (AvgIpc) is 2.73. The van der Waals surface area contributed by atoms with E-state index in [9.17, 15) is 14.0 Å². The molecule has 1 fully saturated rings. The lowest BCUT2D eigenvalue weighted by molar-refractivity contribution is -0.121. The Balaban J connectivity index is 1.56. The Kier molecular flexibility index (Phi) is 6.80. The highest BCUT2D eigenvalue weighted by atomic mass is 19.1. The van der Waals surface area contributed by atoms with E-state index in [2.05, 4.69) is 5.32 Å². The van der Waals surface area contributed by atoms with E-state index in [0.717, 1.165) is 5.56 Å². The molecule has 1 aliphatic carbocycles. The van der Waals surface area contributed by atoms with Crippen LogP contribution in [0.2, 0.25) is 0 Å². The molecule has 0 spiro atoms. The second-order valence-electron chi connectivity index (χ2n) is 7.60. The highest BCUT2D eigenvalue weighted by Gasteiger charge is 2.19. The fourth-order valence-corrected chi connectivity index (χ4v) is 3.84. The second-order valence-corrected chi connectivity index (χ2v) is 7.60. The number of hydrogen-bond donors (Lipinski definition) is 2. The van der Waals surface area contributed by atoms with Crippen LogP contribution in [0.3, 0.4) is 0 Å². The first kappa shape index (κ1) is 20.1. The number of primary amides is 1. The molecule has 0 radical (unpaired) electrons. The third kappa shape index (κ3) is 5.41. The third-order valence-electron chi connectivity index (χ3n) is 5.56. The van der Waals surface area contributed by atoms with Gasteiger partial charge in [-0.15, -0.1) is 0 Å². The fourth-order valence-electron chi connectivity index (χ4n) is 3.84. The van der Waals surface area contributed by atoms with Gasteiger partial charge in [0, 0.05) is 12.1 Å². The molecule has 1 atom stereocenters. The highest BCUT2D eigenvalue weighted by molar-refractivity contribution is 5.94. The Morgan fingerprint density at radius 3 is 2.25 bits per heavy atom. The van der Waals surface area contributed by atoms with Crippen molar-refractivity contribution in [3.8, 4) is 0 Å². The first-order chi connectivity index (χ1) is 13.5. The molecule has 0 aromatic heterocycles. The molecular formula is C23H27FN2O2. The van der Waals surface area contributed by atoms with Gasteiger partial charge in [-0.3, -0.25) is 9.59 Å². The number of nitrogens with one attached hydrogen (secondary N) is 1. The number of carbonyl (C=O) groups is 2. The summed E-state index contributed by atoms with van der Waals surface area (Å²) in [4.78, 5) is 24.2. The van der Waals surface area contributed by atoms with Crippen molar-refractivity contribution >= 4 is 11.8 Å². The van der Waals surface area contributed by atoms with E-state index in [1.807, 2.05) is 24.3 Å². The zero-order chi connectivity index (χ0) is 19.9.